The second-order valence-electron chi connectivity index (χ2n) is 4.82. The van der Waals surface area contributed by atoms with Gasteiger partial charge in [0.25, 0.3) is 0 Å². The molecule has 3 heterocycles. The van der Waals surface area contributed by atoms with E-state index < -0.39 is 0 Å². The van der Waals surface area contributed by atoms with Crippen molar-refractivity contribution in [2.75, 3.05) is 7.05 Å². The van der Waals surface area contributed by atoms with Gasteiger partial charge in [-0.05, 0) is 30.3 Å². The van der Waals surface area contributed by atoms with Crippen molar-refractivity contribution in [3.05, 3.63) is 65.2 Å². The van der Waals surface area contributed by atoms with Gasteiger partial charge in [-0.3, -0.25) is 9.97 Å². The molecule has 0 aliphatic heterocycles. The molecule has 3 aromatic rings. The van der Waals surface area contributed by atoms with E-state index in [1.165, 1.54) is 6.21 Å². The molecule has 3 aromatic heterocycles. The van der Waals surface area contributed by atoms with Crippen LogP contribution in [0.4, 0.5) is 0 Å². The molecule has 6 heteroatoms. The first kappa shape index (κ1) is 15.1. The summed E-state index contributed by atoms with van der Waals surface area (Å²) < 4.78 is 0. The number of halogens is 1. The van der Waals surface area contributed by atoms with Crippen LogP contribution in [0.3, 0.4) is 0 Å². The average Bonchev–Trinajstić information content (AvgIpc) is 2.59. The fraction of sp³-hybridized carbons (Fsp3) is 0.0588. The standard InChI is InChI=1S/C17H14ClN5/c1-20-17(11-3-2-6-21-9-11)13(8-19)12-7-15-14(22-10-12)4-5-16(18)23-15/h2-10,19-20H,1H3/b17-13+,19-8?. The third-order valence-corrected chi connectivity index (χ3v) is 3.64. The van der Waals surface area contributed by atoms with Crippen molar-refractivity contribution in [3.63, 3.8) is 0 Å². The minimum absolute atomic E-state index is 0.415. The van der Waals surface area contributed by atoms with Crippen LogP contribution in [0, 0.1) is 5.41 Å². The van der Waals surface area contributed by atoms with Gasteiger partial charge in [-0.15, -0.1) is 0 Å². The number of rotatable bonds is 4. The molecule has 5 nitrogen and oxygen atoms in total. The van der Waals surface area contributed by atoms with Crippen LogP contribution in [0.15, 0.2) is 48.9 Å². The molecular weight excluding hydrogens is 310 g/mol. The molecule has 0 fully saturated rings. The van der Waals surface area contributed by atoms with E-state index in [2.05, 4.69) is 20.3 Å². The van der Waals surface area contributed by atoms with E-state index in [9.17, 15) is 0 Å². The maximum Gasteiger partial charge on any atom is 0.129 e. The van der Waals surface area contributed by atoms with Crippen LogP contribution >= 0.6 is 11.6 Å². The molecule has 0 aliphatic rings. The van der Waals surface area contributed by atoms with E-state index in [0.29, 0.717) is 16.2 Å². The van der Waals surface area contributed by atoms with E-state index in [1.54, 1.807) is 24.7 Å². The van der Waals surface area contributed by atoms with Gasteiger partial charge in [-0.25, -0.2) is 4.98 Å². The fourth-order valence-electron chi connectivity index (χ4n) is 2.37. The molecule has 114 valence electrons. The summed E-state index contributed by atoms with van der Waals surface area (Å²) in [5.74, 6) is 0. The number of nitrogens with one attached hydrogen (secondary N) is 2. The average molecular weight is 324 g/mol. The number of fused-ring (bicyclic) bond motifs is 1. The third kappa shape index (κ3) is 3.05. The molecule has 0 radical (unpaired) electrons. The Kier molecular flexibility index (Phi) is 4.30. The topological polar surface area (TPSA) is 74.6 Å². The summed E-state index contributed by atoms with van der Waals surface area (Å²) in [7, 11) is 1.81. The molecule has 0 aliphatic carbocycles. The van der Waals surface area contributed by atoms with E-state index in [1.807, 2.05) is 31.3 Å². The van der Waals surface area contributed by atoms with Crippen molar-refractivity contribution >= 4 is 40.1 Å². The van der Waals surface area contributed by atoms with Crippen LogP contribution in [-0.2, 0) is 0 Å². The molecule has 0 unspecified atom stereocenters. The first-order valence-corrected chi connectivity index (χ1v) is 7.36. The maximum atomic E-state index is 7.81. The predicted octanol–water partition coefficient (Wildman–Crippen LogP) is 3.42. The molecule has 0 saturated carbocycles. The van der Waals surface area contributed by atoms with Crippen LogP contribution in [0.25, 0.3) is 22.3 Å². The van der Waals surface area contributed by atoms with Gasteiger partial charge >= 0.3 is 0 Å². The SMILES string of the molecule is CN/C(=C(\C=N)c1cnc2ccc(Cl)nc2c1)c1cccnc1. The highest BCUT2D eigenvalue weighted by molar-refractivity contribution is 6.29. The molecule has 0 bridgehead atoms. The van der Waals surface area contributed by atoms with Crippen molar-refractivity contribution in [2.24, 2.45) is 0 Å². The lowest BCUT2D eigenvalue weighted by molar-refractivity contribution is 1.12. The zero-order chi connectivity index (χ0) is 16.2. The number of hydrogen-bond acceptors (Lipinski definition) is 5. The van der Waals surface area contributed by atoms with Gasteiger partial charge in [0, 0.05) is 48.6 Å². The third-order valence-electron chi connectivity index (χ3n) is 3.43. The predicted molar refractivity (Wildman–Crippen MR) is 93.4 cm³/mol. The molecule has 0 atom stereocenters. The number of hydrogen-bond donors (Lipinski definition) is 2. The second-order valence-corrected chi connectivity index (χ2v) is 5.21. The highest BCUT2D eigenvalue weighted by Crippen LogP contribution is 2.24. The maximum absolute atomic E-state index is 7.81. The Bertz CT molecular complexity index is 890. The molecule has 0 saturated heterocycles. The summed E-state index contributed by atoms with van der Waals surface area (Å²) in [6.45, 7) is 0. The first-order chi connectivity index (χ1) is 11.2. The summed E-state index contributed by atoms with van der Waals surface area (Å²) in [4.78, 5) is 12.8. The minimum Gasteiger partial charge on any atom is -0.387 e. The fourth-order valence-corrected chi connectivity index (χ4v) is 2.53. The molecule has 2 N–H and O–H groups in total. The number of pyridine rings is 3. The number of allylic oxidation sites excluding steroid dienone is 1. The zero-order valence-electron chi connectivity index (χ0n) is 12.4. The molecule has 0 spiro atoms. The second kappa shape index (κ2) is 6.54. The highest BCUT2D eigenvalue weighted by Gasteiger charge is 2.10. The lowest BCUT2D eigenvalue weighted by Gasteiger charge is -2.12. The lowest BCUT2D eigenvalue weighted by atomic mass is 10.0. The van der Waals surface area contributed by atoms with Gasteiger partial charge in [0.05, 0.1) is 16.7 Å². The minimum atomic E-state index is 0.415. The van der Waals surface area contributed by atoms with E-state index >= 15 is 0 Å². The summed E-state index contributed by atoms with van der Waals surface area (Å²) in [5, 5.41) is 11.4. The monoisotopic (exact) mass is 323 g/mol. The largest absolute Gasteiger partial charge is 0.387 e. The Morgan fingerprint density at radius 1 is 1.17 bits per heavy atom. The molecule has 23 heavy (non-hydrogen) atoms. The normalized spacial score (nSPS) is 11.9. The van der Waals surface area contributed by atoms with Gasteiger partial charge in [0.2, 0.25) is 0 Å². The quantitative estimate of drug-likeness (QED) is 0.570. The van der Waals surface area contributed by atoms with Crippen LogP contribution in [0.1, 0.15) is 11.1 Å². The van der Waals surface area contributed by atoms with Crippen LogP contribution in [0.2, 0.25) is 5.15 Å². The zero-order valence-corrected chi connectivity index (χ0v) is 13.2. The summed E-state index contributed by atoms with van der Waals surface area (Å²) >= 11 is 5.95. The van der Waals surface area contributed by atoms with Crippen molar-refractivity contribution in [1.82, 2.24) is 20.3 Å². The van der Waals surface area contributed by atoms with Crippen LogP contribution < -0.4 is 5.32 Å². The van der Waals surface area contributed by atoms with Crippen molar-refractivity contribution in [3.8, 4) is 0 Å². The Morgan fingerprint density at radius 2 is 2.04 bits per heavy atom. The number of aromatic nitrogens is 3. The lowest BCUT2D eigenvalue weighted by Crippen LogP contribution is -2.09. The van der Waals surface area contributed by atoms with Crippen molar-refractivity contribution in [2.45, 2.75) is 0 Å². The smallest absolute Gasteiger partial charge is 0.129 e. The summed E-state index contributed by atoms with van der Waals surface area (Å²) in [6.07, 6.45) is 6.49. The molecule has 0 aromatic carbocycles. The van der Waals surface area contributed by atoms with E-state index in [0.717, 1.165) is 22.3 Å². The summed E-state index contributed by atoms with van der Waals surface area (Å²) in [5.41, 5.74) is 4.64. The highest BCUT2D eigenvalue weighted by atomic mass is 35.5. The Labute approximate surface area is 138 Å². The van der Waals surface area contributed by atoms with E-state index in [4.69, 9.17) is 17.0 Å². The van der Waals surface area contributed by atoms with Gasteiger partial charge in [0.1, 0.15) is 5.15 Å². The van der Waals surface area contributed by atoms with Gasteiger partial charge < -0.3 is 10.7 Å². The Balaban J connectivity index is 2.20. The van der Waals surface area contributed by atoms with Crippen LogP contribution in [-0.4, -0.2) is 28.2 Å². The van der Waals surface area contributed by atoms with Crippen molar-refractivity contribution in [1.29, 1.82) is 5.41 Å². The molecule has 3 rings (SSSR count). The summed E-state index contributed by atoms with van der Waals surface area (Å²) in [6, 6.07) is 9.20. The van der Waals surface area contributed by atoms with Gasteiger partial charge in [-0.1, -0.05) is 11.6 Å². The Hall–Kier alpha value is -2.79. The van der Waals surface area contributed by atoms with Crippen LogP contribution in [0.5, 0.6) is 0 Å². The Morgan fingerprint density at radius 3 is 2.74 bits per heavy atom. The molecular formula is C17H14ClN5. The van der Waals surface area contributed by atoms with Gasteiger partial charge in [0.15, 0.2) is 0 Å². The molecule has 0 amide bonds. The van der Waals surface area contributed by atoms with Gasteiger partial charge in [-0.2, -0.15) is 0 Å². The number of nitrogens with zero attached hydrogens (tertiary/aromatic N) is 3. The van der Waals surface area contributed by atoms with E-state index in [-0.39, 0.29) is 0 Å². The first-order valence-electron chi connectivity index (χ1n) is 6.98. The van der Waals surface area contributed by atoms with Crippen molar-refractivity contribution < 1.29 is 0 Å².